The number of nitrogens with one attached hydrogen (secondary N) is 1. The van der Waals surface area contributed by atoms with Gasteiger partial charge in [0.05, 0.1) is 20.2 Å². The van der Waals surface area contributed by atoms with E-state index in [1.165, 1.54) is 0 Å². The first-order chi connectivity index (χ1) is 13.4. The van der Waals surface area contributed by atoms with Gasteiger partial charge in [0.1, 0.15) is 5.75 Å². The number of rotatable bonds is 9. The third-order valence-corrected chi connectivity index (χ3v) is 4.99. The van der Waals surface area contributed by atoms with E-state index in [0.717, 1.165) is 30.8 Å². The van der Waals surface area contributed by atoms with E-state index in [-0.39, 0.29) is 11.8 Å². The number of hydrogen-bond donors (Lipinski definition) is 1. The summed E-state index contributed by atoms with van der Waals surface area (Å²) in [7, 11) is 3.53. The van der Waals surface area contributed by atoms with Crippen LogP contribution in [0.25, 0.3) is 0 Å². The lowest BCUT2D eigenvalue weighted by Gasteiger charge is -2.35. The highest BCUT2D eigenvalue weighted by atomic mass is 35.5. The first kappa shape index (κ1) is 22.5. The number of ether oxygens (including phenoxy) is 1. The minimum atomic E-state index is 0.0526. The lowest BCUT2D eigenvalue weighted by molar-refractivity contribution is -0.134. The average Bonchev–Trinajstić information content (AvgIpc) is 2.67. The van der Waals surface area contributed by atoms with E-state index in [9.17, 15) is 9.59 Å². The zero-order valence-electron chi connectivity index (χ0n) is 17.0. The number of amides is 2. The number of methoxy groups -OCH3 is 1. The van der Waals surface area contributed by atoms with Crippen LogP contribution in [0.5, 0.6) is 5.75 Å². The molecule has 1 aromatic rings. The van der Waals surface area contributed by atoms with Gasteiger partial charge in [-0.2, -0.15) is 0 Å². The lowest BCUT2D eigenvalue weighted by atomic mass is 10.2. The van der Waals surface area contributed by atoms with Gasteiger partial charge in [0.25, 0.3) is 0 Å². The van der Waals surface area contributed by atoms with E-state index in [4.69, 9.17) is 16.3 Å². The van der Waals surface area contributed by atoms with Crippen molar-refractivity contribution in [2.45, 2.75) is 19.9 Å². The number of hydrogen-bond acceptors (Lipinski definition) is 5. The summed E-state index contributed by atoms with van der Waals surface area (Å²) in [6.07, 6.45) is 0.933. The van der Waals surface area contributed by atoms with Crippen LogP contribution in [0.3, 0.4) is 0 Å². The molecule has 1 aliphatic rings. The van der Waals surface area contributed by atoms with Crippen LogP contribution in [-0.4, -0.2) is 86.5 Å². The molecular formula is C20H31ClN4O3. The predicted molar refractivity (Wildman–Crippen MR) is 111 cm³/mol. The Kier molecular flexibility index (Phi) is 9.02. The highest BCUT2D eigenvalue weighted by Crippen LogP contribution is 2.23. The summed E-state index contributed by atoms with van der Waals surface area (Å²) < 4.78 is 5.37. The SMILES string of the molecule is CCCNC(=O)CN1CCN(C(=O)CN(C)Cc2cc(Cl)ccc2OC)CC1. The molecular weight excluding hydrogens is 380 g/mol. The minimum Gasteiger partial charge on any atom is -0.496 e. The molecule has 1 fully saturated rings. The molecule has 0 aliphatic carbocycles. The highest BCUT2D eigenvalue weighted by Gasteiger charge is 2.23. The molecule has 28 heavy (non-hydrogen) atoms. The van der Waals surface area contributed by atoms with Crippen molar-refractivity contribution in [3.8, 4) is 5.75 Å². The molecule has 1 aromatic carbocycles. The Labute approximate surface area is 172 Å². The smallest absolute Gasteiger partial charge is 0.236 e. The Hall–Kier alpha value is -1.83. The summed E-state index contributed by atoms with van der Waals surface area (Å²) in [6.45, 7) is 6.78. The summed E-state index contributed by atoms with van der Waals surface area (Å²) in [5, 5.41) is 3.54. The number of carbonyl (C=O) groups excluding carboxylic acids is 2. The molecule has 1 N–H and O–H groups in total. The van der Waals surface area contributed by atoms with Crippen LogP contribution in [0.2, 0.25) is 5.02 Å². The van der Waals surface area contributed by atoms with Crippen molar-refractivity contribution in [1.29, 1.82) is 0 Å². The van der Waals surface area contributed by atoms with Crippen molar-refractivity contribution >= 4 is 23.4 Å². The Morgan fingerprint density at radius 2 is 1.96 bits per heavy atom. The summed E-state index contributed by atoms with van der Waals surface area (Å²) in [5.74, 6) is 0.911. The van der Waals surface area contributed by atoms with Crippen molar-refractivity contribution in [2.24, 2.45) is 0 Å². The fourth-order valence-corrected chi connectivity index (χ4v) is 3.42. The van der Waals surface area contributed by atoms with Crippen LogP contribution < -0.4 is 10.1 Å². The zero-order valence-corrected chi connectivity index (χ0v) is 17.8. The Balaban J connectivity index is 1.78. The Morgan fingerprint density at radius 1 is 1.25 bits per heavy atom. The maximum atomic E-state index is 12.6. The number of piperazine rings is 1. The van der Waals surface area contributed by atoms with Gasteiger partial charge < -0.3 is 15.0 Å². The maximum Gasteiger partial charge on any atom is 0.236 e. The van der Waals surface area contributed by atoms with Crippen LogP contribution in [0, 0.1) is 0 Å². The van der Waals surface area contributed by atoms with Crippen molar-refractivity contribution in [3.05, 3.63) is 28.8 Å². The van der Waals surface area contributed by atoms with Gasteiger partial charge in [-0.3, -0.25) is 19.4 Å². The third kappa shape index (κ3) is 6.96. The first-order valence-corrected chi connectivity index (χ1v) is 10.1. The minimum absolute atomic E-state index is 0.0526. The third-order valence-electron chi connectivity index (χ3n) is 4.75. The molecule has 2 rings (SSSR count). The summed E-state index contributed by atoms with van der Waals surface area (Å²) in [5.41, 5.74) is 0.952. The normalized spacial score (nSPS) is 15.0. The topological polar surface area (TPSA) is 65.1 Å². The quantitative estimate of drug-likeness (QED) is 0.667. The molecule has 8 heteroatoms. The predicted octanol–water partition coefficient (Wildman–Crippen LogP) is 1.45. The molecule has 2 amide bonds. The zero-order chi connectivity index (χ0) is 20.5. The summed E-state index contributed by atoms with van der Waals surface area (Å²) in [6, 6.07) is 5.49. The Bertz CT molecular complexity index is 663. The fourth-order valence-electron chi connectivity index (χ4n) is 3.23. The molecule has 0 spiro atoms. The van der Waals surface area contributed by atoms with Crippen molar-refractivity contribution in [3.63, 3.8) is 0 Å². The molecule has 0 bridgehead atoms. The van der Waals surface area contributed by atoms with Gasteiger partial charge >= 0.3 is 0 Å². The standard InChI is InChI=1S/C20H31ClN4O3/c1-4-7-22-19(26)14-24-8-10-25(11-9-24)20(27)15-23(2)13-16-12-17(21)5-6-18(16)28-3/h5-6,12H,4,7-11,13-15H2,1-3H3,(H,22,26). The molecule has 1 aliphatic heterocycles. The van der Waals surface area contributed by atoms with Gasteiger partial charge in [0, 0.05) is 49.9 Å². The van der Waals surface area contributed by atoms with Crippen LogP contribution in [0.15, 0.2) is 18.2 Å². The van der Waals surface area contributed by atoms with E-state index in [2.05, 4.69) is 10.2 Å². The monoisotopic (exact) mass is 410 g/mol. The Morgan fingerprint density at radius 3 is 2.61 bits per heavy atom. The van der Waals surface area contributed by atoms with Crippen LogP contribution in [-0.2, 0) is 16.1 Å². The molecule has 0 atom stereocenters. The maximum absolute atomic E-state index is 12.6. The molecule has 0 radical (unpaired) electrons. The molecule has 1 heterocycles. The van der Waals surface area contributed by atoms with Crippen LogP contribution in [0.1, 0.15) is 18.9 Å². The second-order valence-electron chi connectivity index (χ2n) is 7.14. The van der Waals surface area contributed by atoms with E-state index < -0.39 is 0 Å². The van der Waals surface area contributed by atoms with E-state index in [0.29, 0.717) is 44.3 Å². The average molecular weight is 411 g/mol. The number of halogens is 1. The highest BCUT2D eigenvalue weighted by molar-refractivity contribution is 6.30. The van der Waals surface area contributed by atoms with Crippen molar-refractivity contribution < 1.29 is 14.3 Å². The number of nitrogens with zero attached hydrogens (tertiary/aromatic N) is 3. The van der Waals surface area contributed by atoms with Crippen molar-refractivity contribution in [2.75, 3.05) is 60.0 Å². The largest absolute Gasteiger partial charge is 0.496 e. The second kappa shape index (κ2) is 11.2. The van der Waals surface area contributed by atoms with Crippen LogP contribution >= 0.6 is 11.6 Å². The van der Waals surface area contributed by atoms with E-state index in [1.54, 1.807) is 13.2 Å². The van der Waals surface area contributed by atoms with Crippen LogP contribution in [0.4, 0.5) is 0 Å². The van der Waals surface area contributed by atoms with Gasteiger partial charge in [0.15, 0.2) is 0 Å². The molecule has 1 saturated heterocycles. The summed E-state index contributed by atoms with van der Waals surface area (Å²) >= 11 is 6.08. The van der Waals surface area contributed by atoms with Gasteiger partial charge in [-0.25, -0.2) is 0 Å². The summed E-state index contributed by atoms with van der Waals surface area (Å²) in [4.78, 5) is 30.4. The lowest BCUT2D eigenvalue weighted by Crippen LogP contribution is -2.52. The van der Waals surface area contributed by atoms with Gasteiger partial charge in [0.2, 0.25) is 11.8 Å². The fraction of sp³-hybridized carbons (Fsp3) is 0.600. The van der Waals surface area contributed by atoms with Gasteiger partial charge in [-0.05, 0) is 31.7 Å². The second-order valence-corrected chi connectivity index (χ2v) is 7.57. The molecule has 0 aromatic heterocycles. The number of likely N-dealkylation sites (N-methyl/N-ethyl adjacent to an activating group) is 1. The van der Waals surface area contributed by atoms with E-state index >= 15 is 0 Å². The molecule has 7 nitrogen and oxygen atoms in total. The number of benzene rings is 1. The van der Waals surface area contributed by atoms with Gasteiger partial charge in [-0.1, -0.05) is 18.5 Å². The molecule has 156 valence electrons. The van der Waals surface area contributed by atoms with E-state index in [1.807, 2.05) is 35.9 Å². The number of carbonyl (C=O) groups is 2. The molecule has 0 unspecified atom stereocenters. The molecule has 0 saturated carbocycles. The first-order valence-electron chi connectivity index (χ1n) is 9.70. The van der Waals surface area contributed by atoms with Crippen molar-refractivity contribution in [1.82, 2.24) is 20.0 Å². The van der Waals surface area contributed by atoms with Gasteiger partial charge in [-0.15, -0.1) is 0 Å².